The maximum atomic E-state index is 10.4. The van der Waals surface area contributed by atoms with Crippen LogP contribution in [0.25, 0.3) is 0 Å². The lowest BCUT2D eigenvalue weighted by molar-refractivity contribution is 0.0959. The van der Waals surface area contributed by atoms with Crippen LogP contribution in [-0.2, 0) is 13.0 Å². The first-order valence-electron chi connectivity index (χ1n) is 9.23. The van der Waals surface area contributed by atoms with E-state index in [0.29, 0.717) is 6.54 Å². The minimum absolute atomic E-state index is 0.0554. The van der Waals surface area contributed by atoms with Crippen molar-refractivity contribution in [2.24, 2.45) is 0 Å². The molecule has 2 N–H and O–H groups in total. The lowest BCUT2D eigenvalue weighted by Crippen LogP contribution is -2.52. The third-order valence-electron chi connectivity index (χ3n) is 5.31. The Balaban J connectivity index is 1.54. The fourth-order valence-electron chi connectivity index (χ4n) is 3.63. The molecule has 1 aliphatic heterocycles. The van der Waals surface area contributed by atoms with Crippen LogP contribution in [0.1, 0.15) is 42.2 Å². The van der Waals surface area contributed by atoms with Gasteiger partial charge in [0.15, 0.2) is 0 Å². The Hall–Kier alpha value is -1.68. The maximum Gasteiger partial charge on any atom is 0.0914 e. The van der Waals surface area contributed by atoms with Gasteiger partial charge in [-0.3, -0.25) is 4.90 Å². The second-order valence-electron chi connectivity index (χ2n) is 7.81. The Kier molecular flexibility index (Phi) is 5.57. The molecule has 25 heavy (non-hydrogen) atoms. The van der Waals surface area contributed by atoms with Gasteiger partial charge in [-0.1, -0.05) is 54.1 Å². The largest absolute Gasteiger partial charge is 0.387 e. The summed E-state index contributed by atoms with van der Waals surface area (Å²) in [6.45, 7) is 10.2. The van der Waals surface area contributed by atoms with Crippen LogP contribution in [0.2, 0.25) is 0 Å². The van der Waals surface area contributed by atoms with Gasteiger partial charge in [-0.2, -0.15) is 0 Å². The highest BCUT2D eigenvalue weighted by molar-refractivity contribution is 5.29. The highest BCUT2D eigenvalue weighted by atomic mass is 16.3. The molecule has 2 aromatic rings. The molecule has 3 nitrogen and oxygen atoms in total. The van der Waals surface area contributed by atoms with E-state index in [1.165, 1.54) is 16.7 Å². The van der Waals surface area contributed by atoms with Crippen LogP contribution in [-0.4, -0.2) is 35.2 Å². The summed E-state index contributed by atoms with van der Waals surface area (Å²) in [4.78, 5) is 2.54. The van der Waals surface area contributed by atoms with Gasteiger partial charge >= 0.3 is 0 Å². The summed E-state index contributed by atoms with van der Waals surface area (Å²) in [5.74, 6) is 0. The van der Waals surface area contributed by atoms with Crippen LogP contribution >= 0.6 is 0 Å². The van der Waals surface area contributed by atoms with Gasteiger partial charge in [0.05, 0.1) is 6.10 Å². The molecular weight excluding hydrogens is 308 g/mol. The molecule has 0 aromatic heterocycles. The van der Waals surface area contributed by atoms with Crippen molar-refractivity contribution in [3.05, 3.63) is 70.8 Å². The molecule has 0 saturated heterocycles. The quantitative estimate of drug-likeness (QED) is 0.847. The summed E-state index contributed by atoms with van der Waals surface area (Å²) < 4.78 is 0. The first-order chi connectivity index (χ1) is 12.0. The Morgan fingerprint density at radius 1 is 1.12 bits per heavy atom. The molecule has 3 rings (SSSR count). The van der Waals surface area contributed by atoms with E-state index >= 15 is 0 Å². The molecule has 0 amide bonds. The number of rotatable bonds is 6. The molecular formula is C22H30N2O. The van der Waals surface area contributed by atoms with Gasteiger partial charge in [0.2, 0.25) is 0 Å². The number of hydrogen-bond donors (Lipinski definition) is 2. The van der Waals surface area contributed by atoms with Crippen LogP contribution in [0, 0.1) is 6.92 Å². The van der Waals surface area contributed by atoms with Crippen molar-refractivity contribution in [1.29, 1.82) is 0 Å². The third-order valence-corrected chi connectivity index (χ3v) is 5.31. The van der Waals surface area contributed by atoms with Crippen molar-refractivity contribution >= 4 is 0 Å². The van der Waals surface area contributed by atoms with Gasteiger partial charge in [-0.15, -0.1) is 0 Å². The molecule has 0 bridgehead atoms. The molecule has 0 fully saturated rings. The minimum atomic E-state index is -0.460. The van der Waals surface area contributed by atoms with Crippen LogP contribution in [0.3, 0.4) is 0 Å². The predicted molar refractivity (Wildman–Crippen MR) is 104 cm³/mol. The van der Waals surface area contributed by atoms with E-state index < -0.39 is 6.10 Å². The standard InChI is InChI=1S/C22H30N2O/c1-17-7-6-10-19(13-17)21(25)14-23-16-22(2,3)24-12-11-18-8-4-5-9-20(18)15-24/h4-10,13,21,23,25H,11-12,14-16H2,1-3H3. The molecule has 1 aliphatic rings. The molecule has 0 saturated carbocycles. The van der Waals surface area contributed by atoms with Gasteiger partial charge in [0, 0.05) is 31.7 Å². The zero-order valence-corrected chi connectivity index (χ0v) is 15.6. The molecule has 0 radical (unpaired) electrons. The number of nitrogens with one attached hydrogen (secondary N) is 1. The fraction of sp³-hybridized carbons (Fsp3) is 0.455. The summed E-state index contributed by atoms with van der Waals surface area (Å²) in [5, 5.41) is 13.9. The highest BCUT2D eigenvalue weighted by Gasteiger charge is 2.29. The molecule has 1 unspecified atom stereocenters. The van der Waals surface area contributed by atoms with Crippen molar-refractivity contribution in [3.63, 3.8) is 0 Å². The van der Waals surface area contributed by atoms with E-state index in [4.69, 9.17) is 0 Å². The number of aliphatic hydroxyl groups excluding tert-OH is 1. The molecule has 1 heterocycles. The predicted octanol–water partition coefficient (Wildman–Crippen LogP) is 3.45. The van der Waals surface area contributed by atoms with Crippen LogP contribution in [0.4, 0.5) is 0 Å². The van der Waals surface area contributed by atoms with Crippen molar-refractivity contribution < 1.29 is 5.11 Å². The van der Waals surface area contributed by atoms with Crippen LogP contribution in [0.5, 0.6) is 0 Å². The zero-order chi connectivity index (χ0) is 17.9. The topological polar surface area (TPSA) is 35.5 Å². The molecule has 134 valence electrons. The van der Waals surface area contributed by atoms with E-state index in [1.54, 1.807) is 0 Å². The minimum Gasteiger partial charge on any atom is -0.387 e. The van der Waals surface area contributed by atoms with Crippen LogP contribution < -0.4 is 5.32 Å². The highest BCUT2D eigenvalue weighted by Crippen LogP contribution is 2.25. The van der Waals surface area contributed by atoms with Gasteiger partial charge in [-0.05, 0) is 43.9 Å². The van der Waals surface area contributed by atoms with Gasteiger partial charge in [0.25, 0.3) is 0 Å². The van der Waals surface area contributed by atoms with Crippen molar-refractivity contribution in [1.82, 2.24) is 10.2 Å². The van der Waals surface area contributed by atoms with Crippen LogP contribution in [0.15, 0.2) is 48.5 Å². The average Bonchev–Trinajstić information content (AvgIpc) is 2.61. The second kappa shape index (κ2) is 7.69. The van der Waals surface area contributed by atoms with E-state index in [1.807, 2.05) is 12.1 Å². The third kappa shape index (κ3) is 4.49. The fourth-order valence-corrected chi connectivity index (χ4v) is 3.63. The van der Waals surface area contributed by atoms with Gasteiger partial charge < -0.3 is 10.4 Å². The number of hydrogen-bond acceptors (Lipinski definition) is 3. The molecule has 2 aromatic carbocycles. The summed E-state index contributed by atoms with van der Waals surface area (Å²) in [7, 11) is 0. The summed E-state index contributed by atoms with van der Waals surface area (Å²) >= 11 is 0. The number of fused-ring (bicyclic) bond motifs is 1. The van der Waals surface area contributed by atoms with E-state index in [-0.39, 0.29) is 5.54 Å². The molecule has 3 heteroatoms. The summed E-state index contributed by atoms with van der Waals surface area (Å²) in [6, 6.07) is 16.9. The smallest absolute Gasteiger partial charge is 0.0914 e. The lowest BCUT2D eigenvalue weighted by atomic mass is 9.94. The van der Waals surface area contributed by atoms with E-state index in [2.05, 4.69) is 67.4 Å². The second-order valence-corrected chi connectivity index (χ2v) is 7.81. The Morgan fingerprint density at radius 3 is 2.64 bits per heavy atom. The monoisotopic (exact) mass is 338 g/mol. The van der Waals surface area contributed by atoms with Crippen molar-refractivity contribution in [2.45, 2.75) is 45.4 Å². The summed E-state index contributed by atoms with van der Waals surface area (Å²) in [6.07, 6.45) is 0.656. The van der Waals surface area contributed by atoms with Gasteiger partial charge in [-0.25, -0.2) is 0 Å². The van der Waals surface area contributed by atoms with Crippen molar-refractivity contribution in [2.75, 3.05) is 19.6 Å². The SMILES string of the molecule is Cc1cccc(C(O)CNCC(C)(C)N2CCc3ccccc3C2)c1. The first-order valence-corrected chi connectivity index (χ1v) is 9.23. The summed E-state index contributed by atoms with van der Waals surface area (Å²) in [5.41, 5.74) is 5.15. The van der Waals surface area contributed by atoms with Crippen molar-refractivity contribution in [3.8, 4) is 0 Å². The number of benzene rings is 2. The lowest BCUT2D eigenvalue weighted by Gasteiger charge is -2.42. The molecule has 1 atom stereocenters. The van der Waals surface area contributed by atoms with E-state index in [0.717, 1.165) is 31.6 Å². The molecule has 0 aliphatic carbocycles. The van der Waals surface area contributed by atoms with E-state index in [9.17, 15) is 5.11 Å². The Bertz CT molecular complexity index is 711. The maximum absolute atomic E-state index is 10.4. The Morgan fingerprint density at radius 2 is 1.88 bits per heavy atom. The first kappa shape index (κ1) is 18.1. The number of nitrogens with zero attached hydrogens (tertiary/aromatic N) is 1. The number of aryl methyl sites for hydroxylation is 1. The number of aliphatic hydroxyl groups is 1. The zero-order valence-electron chi connectivity index (χ0n) is 15.6. The normalized spacial score (nSPS) is 16.5. The average molecular weight is 338 g/mol. The van der Waals surface area contributed by atoms with Gasteiger partial charge in [0.1, 0.15) is 0 Å². The Labute approximate surface area is 151 Å². The molecule has 0 spiro atoms.